The molecule has 2 heterocycles. The van der Waals surface area contributed by atoms with E-state index >= 15 is 0 Å². The molecule has 4 heteroatoms. The minimum Gasteiger partial charge on any atom is -0.309 e. The van der Waals surface area contributed by atoms with E-state index < -0.39 is 0 Å². The van der Waals surface area contributed by atoms with Crippen molar-refractivity contribution in [1.82, 2.24) is 15.3 Å². The molecule has 0 saturated carbocycles. The van der Waals surface area contributed by atoms with Crippen LogP contribution >= 0.6 is 0 Å². The van der Waals surface area contributed by atoms with Crippen LogP contribution in [0, 0.1) is 0 Å². The van der Waals surface area contributed by atoms with Crippen LogP contribution in [0.25, 0.3) is 0 Å². The molecule has 0 aromatic carbocycles. The fraction of sp³-hybridized carbons (Fsp3) is 0.600. The van der Waals surface area contributed by atoms with Gasteiger partial charge in [0, 0.05) is 11.8 Å². The monoisotopic (exact) mass is 193 g/mol. The third kappa shape index (κ3) is 1.70. The van der Waals surface area contributed by atoms with Gasteiger partial charge in [-0.3, -0.25) is 4.79 Å². The van der Waals surface area contributed by atoms with Crippen LogP contribution in [-0.4, -0.2) is 16.5 Å². The average molecular weight is 193 g/mol. The van der Waals surface area contributed by atoms with E-state index in [9.17, 15) is 4.79 Å². The third-order valence-electron chi connectivity index (χ3n) is 2.66. The molecule has 0 amide bonds. The van der Waals surface area contributed by atoms with Gasteiger partial charge in [-0.1, -0.05) is 6.92 Å². The van der Waals surface area contributed by atoms with Gasteiger partial charge < -0.3 is 10.3 Å². The normalized spacial score (nSPS) is 21.4. The number of aromatic nitrogens is 2. The zero-order valence-corrected chi connectivity index (χ0v) is 8.34. The molecule has 1 atom stereocenters. The Morgan fingerprint density at radius 3 is 3.07 bits per heavy atom. The minimum atomic E-state index is 0.00574. The van der Waals surface area contributed by atoms with Crippen molar-refractivity contribution < 1.29 is 0 Å². The van der Waals surface area contributed by atoms with Gasteiger partial charge in [-0.25, -0.2) is 4.98 Å². The lowest BCUT2D eigenvalue weighted by atomic mass is 10.2. The Morgan fingerprint density at radius 1 is 1.64 bits per heavy atom. The Morgan fingerprint density at radius 2 is 2.50 bits per heavy atom. The van der Waals surface area contributed by atoms with Gasteiger partial charge in [-0.2, -0.15) is 0 Å². The van der Waals surface area contributed by atoms with Crippen molar-refractivity contribution in [3.63, 3.8) is 0 Å². The first-order chi connectivity index (χ1) is 6.81. The maximum Gasteiger partial charge on any atom is 0.254 e. The van der Waals surface area contributed by atoms with Crippen LogP contribution in [0.2, 0.25) is 0 Å². The summed E-state index contributed by atoms with van der Waals surface area (Å²) < 4.78 is 0. The minimum absolute atomic E-state index is 0.00574. The molecule has 1 aliphatic heterocycles. The highest BCUT2D eigenvalue weighted by molar-refractivity contribution is 5.08. The molecule has 1 aromatic rings. The first-order valence-corrected chi connectivity index (χ1v) is 5.12. The molecule has 0 bridgehead atoms. The quantitative estimate of drug-likeness (QED) is 0.729. The highest BCUT2D eigenvalue weighted by Crippen LogP contribution is 2.18. The molecule has 1 aromatic heterocycles. The van der Waals surface area contributed by atoms with Crippen molar-refractivity contribution in [2.24, 2.45) is 0 Å². The first kappa shape index (κ1) is 9.40. The SMILES string of the molecule is CCc1cnc(C2CCCN2)[nH]c1=O. The molecule has 2 N–H and O–H groups in total. The molecule has 0 spiro atoms. The summed E-state index contributed by atoms with van der Waals surface area (Å²) in [6.45, 7) is 2.98. The largest absolute Gasteiger partial charge is 0.309 e. The summed E-state index contributed by atoms with van der Waals surface area (Å²) in [5, 5.41) is 3.30. The number of aryl methyl sites for hydroxylation is 1. The average Bonchev–Trinajstić information content (AvgIpc) is 2.70. The second kappa shape index (κ2) is 3.92. The van der Waals surface area contributed by atoms with E-state index in [4.69, 9.17) is 0 Å². The Bertz CT molecular complexity index is 366. The molecule has 1 aliphatic rings. The van der Waals surface area contributed by atoms with Crippen LogP contribution in [0.15, 0.2) is 11.0 Å². The fourth-order valence-electron chi connectivity index (χ4n) is 1.78. The van der Waals surface area contributed by atoms with Crippen LogP contribution in [0.1, 0.15) is 37.2 Å². The molecule has 2 rings (SSSR count). The summed E-state index contributed by atoms with van der Waals surface area (Å²) in [5.41, 5.74) is 0.762. The lowest BCUT2D eigenvalue weighted by Gasteiger charge is -2.08. The van der Waals surface area contributed by atoms with Gasteiger partial charge >= 0.3 is 0 Å². The summed E-state index contributed by atoms with van der Waals surface area (Å²) in [7, 11) is 0. The zero-order chi connectivity index (χ0) is 9.97. The number of rotatable bonds is 2. The van der Waals surface area contributed by atoms with Crippen molar-refractivity contribution in [3.05, 3.63) is 27.9 Å². The molecule has 1 saturated heterocycles. The molecular formula is C10H15N3O. The van der Waals surface area contributed by atoms with Crippen LogP contribution in [0.4, 0.5) is 0 Å². The van der Waals surface area contributed by atoms with Crippen LogP contribution < -0.4 is 10.9 Å². The molecule has 0 aliphatic carbocycles. The summed E-state index contributed by atoms with van der Waals surface area (Å²) in [5.74, 6) is 0.782. The summed E-state index contributed by atoms with van der Waals surface area (Å²) >= 11 is 0. The summed E-state index contributed by atoms with van der Waals surface area (Å²) in [6.07, 6.45) is 4.65. The van der Waals surface area contributed by atoms with E-state index in [0.717, 1.165) is 37.2 Å². The van der Waals surface area contributed by atoms with Gasteiger partial charge in [-0.15, -0.1) is 0 Å². The molecule has 0 radical (unpaired) electrons. The van der Waals surface area contributed by atoms with Crippen LogP contribution in [0.3, 0.4) is 0 Å². The summed E-state index contributed by atoms with van der Waals surface area (Å²) in [6, 6.07) is 0.244. The standard InChI is InChI=1S/C10H15N3O/c1-2-7-6-12-9(13-10(7)14)8-4-3-5-11-8/h6,8,11H,2-5H2,1H3,(H,12,13,14). The van der Waals surface area contributed by atoms with Crippen molar-refractivity contribution in [1.29, 1.82) is 0 Å². The lowest BCUT2D eigenvalue weighted by molar-refractivity contribution is 0.600. The highest BCUT2D eigenvalue weighted by atomic mass is 16.1. The third-order valence-corrected chi connectivity index (χ3v) is 2.66. The van der Waals surface area contributed by atoms with E-state index in [-0.39, 0.29) is 11.6 Å². The van der Waals surface area contributed by atoms with E-state index in [2.05, 4.69) is 15.3 Å². The topological polar surface area (TPSA) is 57.8 Å². The smallest absolute Gasteiger partial charge is 0.254 e. The van der Waals surface area contributed by atoms with Gasteiger partial charge in [0.25, 0.3) is 5.56 Å². The molecule has 1 fully saturated rings. The van der Waals surface area contributed by atoms with Gasteiger partial charge in [0.05, 0.1) is 6.04 Å². The van der Waals surface area contributed by atoms with Gasteiger partial charge in [-0.05, 0) is 25.8 Å². The highest BCUT2D eigenvalue weighted by Gasteiger charge is 2.18. The number of hydrogen-bond acceptors (Lipinski definition) is 3. The van der Waals surface area contributed by atoms with E-state index in [0.29, 0.717) is 0 Å². The van der Waals surface area contributed by atoms with Gasteiger partial charge in [0.15, 0.2) is 0 Å². The van der Waals surface area contributed by atoms with E-state index in [1.54, 1.807) is 6.20 Å². The number of H-pyrrole nitrogens is 1. The Kier molecular flexibility index (Phi) is 2.63. The molecule has 14 heavy (non-hydrogen) atoms. The Hall–Kier alpha value is -1.16. The van der Waals surface area contributed by atoms with Crippen molar-refractivity contribution >= 4 is 0 Å². The van der Waals surface area contributed by atoms with Gasteiger partial charge in [0.2, 0.25) is 0 Å². The number of nitrogens with one attached hydrogen (secondary N) is 2. The predicted molar refractivity (Wildman–Crippen MR) is 54.2 cm³/mol. The van der Waals surface area contributed by atoms with Crippen LogP contribution in [-0.2, 0) is 6.42 Å². The predicted octanol–water partition coefficient (Wildman–Crippen LogP) is 0.757. The zero-order valence-electron chi connectivity index (χ0n) is 8.34. The Balaban J connectivity index is 2.27. The molecule has 1 unspecified atom stereocenters. The molecular weight excluding hydrogens is 178 g/mol. The first-order valence-electron chi connectivity index (χ1n) is 5.12. The second-order valence-electron chi connectivity index (χ2n) is 3.63. The maximum absolute atomic E-state index is 11.5. The number of nitrogens with zero attached hydrogens (tertiary/aromatic N) is 1. The van der Waals surface area contributed by atoms with Crippen LogP contribution in [0.5, 0.6) is 0 Å². The van der Waals surface area contributed by atoms with Crippen molar-refractivity contribution in [2.45, 2.75) is 32.2 Å². The number of aromatic amines is 1. The van der Waals surface area contributed by atoms with Crippen molar-refractivity contribution in [3.8, 4) is 0 Å². The fourth-order valence-corrected chi connectivity index (χ4v) is 1.78. The second-order valence-corrected chi connectivity index (χ2v) is 3.63. The van der Waals surface area contributed by atoms with E-state index in [1.807, 2.05) is 6.92 Å². The van der Waals surface area contributed by atoms with Gasteiger partial charge in [0.1, 0.15) is 5.82 Å². The Labute approximate surface area is 82.8 Å². The molecule has 76 valence electrons. The van der Waals surface area contributed by atoms with E-state index in [1.165, 1.54) is 0 Å². The number of hydrogen-bond donors (Lipinski definition) is 2. The summed E-state index contributed by atoms with van der Waals surface area (Å²) in [4.78, 5) is 18.6. The lowest BCUT2D eigenvalue weighted by Crippen LogP contribution is -2.22. The maximum atomic E-state index is 11.5. The van der Waals surface area contributed by atoms with Crippen molar-refractivity contribution in [2.75, 3.05) is 6.54 Å². The molecule has 4 nitrogen and oxygen atoms in total.